The molecule has 2 N–H and O–H groups in total. The molecule has 3 amide bonds. The summed E-state index contributed by atoms with van der Waals surface area (Å²) >= 11 is 0. The van der Waals surface area contributed by atoms with E-state index < -0.39 is 5.60 Å². The summed E-state index contributed by atoms with van der Waals surface area (Å²) in [6.45, 7) is 3.95. The monoisotopic (exact) mass is 446 g/mol. The minimum absolute atomic E-state index is 0.0123. The van der Waals surface area contributed by atoms with Crippen LogP contribution in [0.2, 0.25) is 0 Å². The Morgan fingerprint density at radius 3 is 2.72 bits per heavy atom. The first-order valence-electron chi connectivity index (χ1n) is 12.1. The number of carbonyl (C=O) groups is 2. The van der Waals surface area contributed by atoms with Crippen molar-refractivity contribution in [3.63, 3.8) is 0 Å². The molecule has 1 aromatic rings. The van der Waals surface area contributed by atoms with Gasteiger partial charge in [0.1, 0.15) is 11.3 Å². The van der Waals surface area contributed by atoms with Gasteiger partial charge in [0.15, 0.2) is 0 Å². The van der Waals surface area contributed by atoms with Gasteiger partial charge in [-0.05, 0) is 38.5 Å². The van der Waals surface area contributed by atoms with Crippen molar-refractivity contribution in [1.82, 2.24) is 30.5 Å². The lowest BCUT2D eigenvalue weighted by atomic mass is 9.91. The highest BCUT2D eigenvalue weighted by Gasteiger charge is 2.42. The lowest BCUT2D eigenvalue weighted by Gasteiger charge is -2.44. The number of hydrogen-bond acceptors (Lipinski definition) is 6. The van der Waals surface area contributed by atoms with E-state index in [4.69, 9.17) is 9.47 Å². The van der Waals surface area contributed by atoms with Gasteiger partial charge in [-0.3, -0.25) is 4.79 Å². The molecule has 176 valence electrons. The Morgan fingerprint density at radius 2 is 1.91 bits per heavy atom. The van der Waals surface area contributed by atoms with Gasteiger partial charge in [0, 0.05) is 31.7 Å². The highest BCUT2D eigenvalue weighted by molar-refractivity contribution is 5.78. The van der Waals surface area contributed by atoms with Crippen molar-refractivity contribution in [3.8, 4) is 0 Å². The van der Waals surface area contributed by atoms with E-state index in [9.17, 15) is 9.59 Å². The van der Waals surface area contributed by atoms with Crippen molar-refractivity contribution in [2.24, 2.45) is 5.92 Å². The minimum Gasteiger partial charge on any atom is -0.381 e. The summed E-state index contributed by atoms with van der Waals surface area (Å²) < 4.78 is 13.6. The SMILES string of the molecule is O=C(NCc1nnn2c1COC1(CCCN(C(=O)NC3CCCC3)C1)C2)C1CCOCC1. The van der Waals surface area contributed by atoms with Crippen LogP contribution in [0.25, 0.3) is 0 Å². The van der Waals surface area contributed by atoms with Gasteiger partial charge in [0.05, 0.1) is 31.9 Å². The normalized spacial score (nSPS) is 26.8. The van der Waals surface area contributed by atoms with Gasteiger partial charge in [-0.25, -0.2) is 9.48 Å². The molecule has 3 fully saturated rings. The van der Waals surface area contributed by atoms with Crippen molar-refractivity contribution in [1.29, 1.82) is 0 Å². The fraction of sp³-hybridized carbons (Fsp3) is 0.818. The molecule has 1 spiro atoms. The van der Waals surface area contributed by atoms with Crippen LogP contribution in [0.15, 0.2) is 0 Å². The molecule has 10 heteroatoms. The first-order chi connectivity index (χ1) is 15.6. The highest BCUT2D eigenvalue weighted by Crippen LogP contribution is 2.32. The predicted molar refractivity (Wildman–Crippen MR) is 115 cm³/mol. The Hall–Kier alpha value is -2.20. The first kappa shape index (κ1) is 21.6. The van der Waals surface area contributed by atoms with Crippen LogP contribution >= 0.6 is 0 Å². The molecule has 0 aromatic carbocycles. The van der Waals surface area contributed by atoms with Crippen molar-refractivity contribution < 1.29 is 19.1 Å². The summed E-state index contributed by atoms with van der Waals surface area (Å²) in [6.07, 6.45) is 7.90. The molecule has 1 atom stereocenters. The van der Waals surface area contributed by atoms with Gasteiger partial charge < -0.3 is 25.0 Å². The molecule has 10 nitrogen and oxygen atoms in total. The second kappa shape index (κ2) is 9.35. The molecule has 1 saturated carbocycles. The number of hydrogen-bond donors (Lipinski definition) is 2. The van der Waals surface area contributed by atoms with Crippen LogP contribution < -0.4 is 10.6 Å². The third-order valence-electron chi connectivity index (χ3n) is 7.40. The van der Waals surface area contributed by atoms with E-state index in [0.29, 0.717) is 45.5 Å². The van der Waals surface area contributed by atoms with Gasteiger partial charge in [0.25, 0.3) is 0 Å². The maximum Gasteiger partial charge on any atom is 0.317 e. The average Bonchev–Trinajstić information content (AvgIpc) is 3.47. The summed E-state index contributed by atoms with van der Waals surface area (Å²) in [5.74, 6) is 0.0673. The van der Waals surface area contributed by atoms with Crippen LogP contribution in [0.1, 0.15) is 62.8 Å². The number of carbonyl (C=O) groups excluding carboxylic acids is 2. The van der Waals surface area contributed by atoms with E-state index in [0.717, 1.165) is 56.5 Å². The van der Waals surface area contributed by atoms with Crippen LogP contribution in [0, 0.1) is 5.92 Å². The van der Waals surface area contributed by atoms with Gasteiger partial charge in [0.2, 0.25) is 5.91 Å². The zero-order valence-electron chi connectivity index (χ0n) is 18.7. The van der Waals surface area contributed by atoms with Gasteiger partial charge in [-0.1, -0.05) is 18.1 Å². The number of nitrogens with zero attached hydrogens (tertiary/aromatic N) is 4. The number of piperidine rings is 1. The van der Waals surface area contributed by atoms with Gasteiger partial charge in [-0.2, -0.15) is 0 Å². The Labute approximate surface area is 188 Å². The van der Waals surface area contributed by atoms with Gasteiger partial charge in [-0.15, -0.1) is 5.10 Å². The number of fused-ring (bicyclic) bond motifs is 1. The molecule has 5 rings (SSSR count). The molecule has 3 aliphatic heterocycles. The lowest BCUT2D eigenvalue weighted by molar-refractivity contribution is -0.128. The van der Waals surface area contributed by atoms with Crippen molar-refractivity contribution in [3.05, 3.63) is 11.4 Å². The molecule has 4 aliphatic rings. The molecule has 4 heterocycles. The first-order valence-corrected chi connectivity index (χ1v) is 12.1. The summed E-state index contributed by atoms with van der Waals surface area (Å²) in [5.41, 5.74) is 1.25. The van der Waals surface area contributed by atoms with E-state index in [1.54, 1.807) is 0 Å². The maximum absolute atomic E-state index is 12.8. The molecular weight excluding hydrogens is 412 g/mol. The topological polar surface area (TPSA) is 111 Å². The van der Waals surface area contributed by atoms with Crippen molar-refractivity contribution >= 4 is 11.9 Å². The molecule has 0 bridgehead atoms. The summed E-state index contributed by atoms with van der Waals surface area (Å²) in [4.78, 5) is 27.1. The third kappa shape index (κ3) is 4.61. The molecule has 1 unspecified atom stereocenters. The number of nitrogens with one attached hydrogen (secondary N) is 2. The standard InChI is InChI=1S/C22H34N6O4/c29-20(16-6-10-31-11-7-16)23-12-18-19-13-32-22(15-28(19)26-25-18)8-3-9-27(14-22)21(30)24-17-4-1-2-5-17/h16-17H,1-15H2,(H,23,29)(H,24,30). The molecule has 32 heavy (non-hydrogen) atoms. The average molecular weight is 447 g/mol. The van der Waals surface area contributed by atoms with Crippen LogP contribution in [0.5, 0.6) is 0 Å². The number of ether oxygens (including phenoxy) is 2. The Bertz CT molecular complexity index is 832. The summed E-state index contributed by atoms with van der Waals surface area (Å²) in [7, 11) is 0. The van der Waals surface area contributed by atoms with Gasteiger partial charge >= 0.3 is 6.03 Å². The van der Waals surface area contributed by atoms with Crippen molar-refractivity contribution in [2.75, 3.05) is 26.3 Å². The van der Waals surface area contributed by atoms with Crippen LogP contribution in [-0.2, 0) is 34.0 Å². The maximum atomic E-state index is 12.8. The summed E-state index contributed by atoms with van der Waals surface area (Å²) in [6, 6.07) is 0.342. The number of aromatic nitrogens is 3. The highest BCUT2D eigenvalue weighted by atomic mass is 16.5. The molecule has 0 radical (unpaired) electrons. The van der Waals surface area contributed by atoms with Crippen LogP contribution in [-0.4, -0.2) is 69.8 Å². The number of rotatable bonds is 4. The fourth-order valence-electron chi connectivity index (χ4n) is 5.46. The smallest absolute Gasteiger partial charge is 0.317 e. The van der Waals surface area contributed by atoms with E-state index in [1.165, 1.54) is 12.8 Å². The van der Waals surface area contributed by atoms with E-state index in [1.807, 2.05) is 9.58 Å². The predicted octanol–water partition coefficient (Wildman–Crippen LogP) is 1.34. The Kier molecular flexibility index (Phi) is 6.32. The Morgan fingerprint density at radius 1 is 1.09 bits per heavy atom. The number of likely N-dealkylation sites (tertiary alicyclic amines) is 1. The van der Waals surface area contributed by atoms with Crippen molar-refractivity contribution in [2.45, 2.75) is 82.7 Å². The third-order valence-corrected chi connectivity index (χ3v) is 7.40. The molecule has 2 saturated heterocycles. The zero-order valence-corrected chi connectivity index (χ0v) is 18.7. The lowest BCUT2D eigenvalue weighted by Crippen LogP contribution is -2.58. The zero-order chi connectivity index (χ0) is 22.0. The Balaban J connectivity index is 1.18. The second-order valence-corrected chi connectivity index (χ2v) is 9.67. The molecule has 1 aromatic heterocycles. The fourth-order valence-corrected chi connectivity index (χ4v) is 5.46. The molecule has 1 aliphatic carbocycles. The van der Waals surface area contributed by atoms with E-state index in [2.05, 4.69) is 20.9 Å². The second-order valence-electron chi connectivity index (χ2n) is 9.67. The molecular formula is C22H34N6O4. The minimum atomic E-state index is -0.422. The van der Waals surface area contributed by atoms with Crippen LogP contribution in [0.4, 0.5) is 4.79 Å². The number of urea groups is 1. The van der Waals surface area contributed by atoms with E-state index in [-0.39, 0.29) is 17.9 Å². The number of amides is 3. The van der Waals surface area contributed by atoms with Crippen LogP contribution in [0.3, 0.4) is 0 Å². The quantitative estimate of drug-likeness (QED) is 0.722. The van der Waals surface area contributed by atoms with E-state index >= 15 is 0 Å². The summed E-state index contributed by atoms with van der Waals surface area (Å²) in [5, 5.41) is 14.9. The largest absolute Gasteiger partial charge is 0.381 e.